The van der Waals surface area contributed by atoms with Gasteiger partial charge in [-0.25, -0.2) is 0 Å². The highest BCUT2D eigenvalue weighted by Crippen LogP contribution is 2.31. The van der Waals surface area contributed by atoms with Gasteiger partial charge in [0.05, 0.1) is 0 Å². The lowest BCUT2D eigenvalue weighted by atomic mass is 9.78. The normalized spacial score (nSPS) is 18.7. The fourth-order valence-electron chi connectivity index (χ4n) is 2.17. The fraction of sp³-hybridized carbons (Fsp3) is 0.636. The monoisotopic (exact) mass is 283 g/mol. The van der Waals surface area contributed by atoms with Crippen molar-refractivity contribution in [3.8, 4) is 0 Å². The van der Waals surface area contributed by atoms with Crippen molar-refractivity contribution in [1.82, 2.24) is 15.5 Å². The largest absolute Gasteiger partial charge is 0.409 e. The Balaban J connectivity index is 1.96. The van der Waals surface area contributed by atoms with Crippen LogP contribution in [-0.4, -0.2) is 46.8 Å². The summed E-state index contributed by atoms with van der Waals surface area (Å²) in [5, 5.41) is 18.3. The van der Waals surface area contributed by atoms with Crippen LogP contribution in [0, 0.1) is 5.41 Å². The highest BCUT2D eigenvalue weighted by Gasteiger charge is 2.44. The molecule has 0 saturated carbocycles. The molecule has 0 aromatic carbocycles. The molecule has 2 rings (SSSR count). The molecule has 1 aromatic rings. The average molecular weight is 283 g/mol. The molecule has 9 heteroatoms. The van der Waals surface area contributed by atoms with Crippen molar-refractivity contribution < 1.29 is 19.3 Å². The van der Waals surface area contributed by atoms with Crippen molar-refractivity contribution in [2.45, 2.75) is 19.3 Å². The Bertz CT molecular complexity index is 467. The number of nitrogens with two attached hydrogens (primary N) is 1. The Morgan fingerprint density at radius 3 is 2.90 bits per heavy atom. The van der Waals surface area contributed by atoms with E-state index in [0.717, 1.165) is 0 Å². The number of carbonyl (C=O) groups is 1. The number of nitrogens with zero attached hydrogens (tertiary/aromatic N) is 3. The number of hydrogen-bond acceptors (Lipinski definition) is 7. The summed E-state index contributed by atoms with van der Waals surface area (Å²) in [5.41, 5.74) is 4.68. The molecule has 2 heterocycles. The van der Waals surface area contributed by atoms with E-state index in [-0.39, 0.29) is 11.7 Å². The smallest absolute Gasteiger partial charge is 0.234 e. The first-order valence-corrected chi connectivity index (χ1v) is 6.28. The predicted molar refractivity (Wildman–Crippen MR) is 66.9 cm³/mol. The first-order chi connectivity index (χ1) is 9.69. The second kappa shape index (κ2) is 6.33. The van der Waals surface area contributed by atoms with E-state index >= 15 is 0 Å². The van der Waals surface area contributed by atoms with Crippen LogP contribution in [0.4, 0.5) is 0 Å². The minimum Gasteiger partial charge on any atom is -0.409 e. The summed E-state index contributed by atoms with van der Waals surface area (Å²) < 4.78 is 9.83. The van der Waals surface area contributed by atoms with Crippen molar-refractivity contribution in [1.29, 1.82) is 0 Å². The molecule has 0 radical (unpaired) electrons. The molecule has 1 aromatic heterocycles. The van der Waals surface area contributed by atoms with E-state index in [1.54, 1.807) is 0 Å². The zero-order valence-electron chi connectivity index (χ0n) is 10.9. The van der Waals surface area contributed by atoms with Gasteiger partial charge in [0.2, 0.25) is 12.3 Å². The topological polar surface area (TPSA) is 136 Å². The van der Waals surface area contributed by atoms with Gasteiger partial charge in [-0.3, -0.25) is 4.79 Å². The van der Waals surface area contributed by atoms with Gasteiger partial charge in [-0.1, -0.05) is 10.3 Å². The second-order valence-electron chi connectivity index (χ2n) is 4.53. The van der Waals surface area contributed by atoms with E-state index in [1.165, 1.54) is 6.39 Å². The van der Waals surface area contributed by atoms with Gasteiger partial charge in [-0.15, -0.1) is 0 Å². The molecule has 0 aliphatic carbocycles. The Morgan fingerprint density at radius 2 is 2.30 bits per heavy atom. The minimum atomic E-state index is -1.01. The van der Waals surface area contributed by atoms with E-state index < -0.39 is 5.41 Å². The molecule has 110 valence electrons. The number of oxime groups is 1. The predicted octanol–water partition coefficient (Wildman–Crippen LogP) is -0.729. The molecule has 0 unspecified atom stereocenters. The van der Waals surface area contributed by atoms with Crippen molar-refractivity contribution in [3.05, 3.63) is 12.2 Å². The number of aromatic nitrogens is 2. The third-order valence-electron chi connectivity index (χ3n) is 3.42. The summed E-state index contributed by atoms with van der Waals surface area (Å²) in [6.45, 7) is 1.14. The highest BCUT2D eigenvalue weighted by atomic mass is 16.5. The third kappa shape index (κ3) is 2.87. The highest BCUT2D eigenvalue weighted by molar-refractivity contribution is 6.06. The maximum atomic E-state index is 12.3. The summed E-state index contributed by atoms with van der Waals surface area (Å²) >= 11 is 0. The molecule has 0 spiro atoms. The first kappa shape index (κ1) is 14.3. The lowest BCUT2D eigenvalue weighted by Crippen LogP contribution is -2.53. The van der Waals surface area contributed by atoms with Crippen LogP contribution in [0.2, 0.25) is 0 Å². The molecule has 1 amide bonds. The maximum Gasteiger partial charge on any atom is 0.234 e. The van der Waals surface area contributed by atoms with Gasteiger partial charge in [-0.05, 0) is 12.8 Å². The Hall–Kier alpha value is -2.16. The van der Waals surface area contributed by atoms with E-state index in [4.69, 9.17) is 15.7 Å². The third-order valence-corrected chi connectivity index (χ3v) is 3.42. The molecule has 1 aliphatic heterocycles. The van der Waals surface area contributed by atoms with E-state index in [0.29, 0.717) is 44.8 Å². The minimum absolute atomic E-state index is 0.0853. The van der Waals surface area contributed by atoms with Gasteiger partial charge < -0.3 is 25.5 Å². The second-order valence-corrected chi connectivity index (χ2v) is 4.53. The van der Waals surface area contributed by atoms with Crippen molar-refractivity contribution >= 4 is 11.7 Å². The van der Waals surface area contributed by atoms with E-state index in [2.05, 4.69) is 25.1 Å². The summed E-state index contributed by atoms with van der Waals surface area (Å²) in [6, 6.07) is 0. The summed E-state index contributed by atoms with van der Waals surface area (Å²) in [7, 11) is 0. The zero-order valence-corrected chi connectivity index (χ0v) is 10.9. The number of amidine groups is 1. The van der Waals surface area contributed by atoms with Gasteiger partial charge in [0, 0.05) is 26.2 Å². The maximum absolute atomic E-state index is 12.3. The molecule has 0 bridgehead atoms. The van der Waals surface area contributed by atoms with Gasteiger partial charge in [0.1, 0.15) is 5.41 Å². The van der Waals surface area contributed by atoms with Gasteiger partial charge >= 0.3 is 0 Å². The summed E-state index contributed by atoms with van der Waals surface area (Å²) in [4.78, 5) is 16.2. The van der Waals surface area contributed by atoms with Crippen molar-refractivity contribution in [2.75, 3.05) is 19.8 Å². The van der Waals surface area contributed by atoms with Crippen LogP contribution in [0.5, 0.6) is 0 Å². The van der Waals surface area contributed by atoms with E-state index in [9.17, 15) is 4.79 Å². The van der Waals surface area contributed by atoms with Crippen LogP contribution in [0.15, 0.2) is 16.1 Å². The first-order valence-electron chi connectivity index (χ1n) is 6.28. The number of hydrogen-bond donors (Lipinski definition) is 3. The zero-order chi connectivity index (χ0) is 14.4. The van der Waals surface area contributed by atoms with Gasteiger partial charge in [0.25, 0.3) is 0 Å². The standard InChI is InChI=1S/C11H17N5O4/c12-9(15-18)11(2-5-19-6-3-11)10(17)13-4-1-8-14-7-20-16-8/h7,18H,1-6H2,(H2,12,15)(H,13,17). The molecule has 1 saturated heterocycles. The molecule has 9 nitrogen and oxygen atoms in total. The fourth-order valence-corrected chi connectivity index (χ4v) is 2.17. The van der Waals surface area contributed by atoms with Crippen LogP contribution in [0.1, 0.15) is 18.7 Å². The van der Waals surface area contributed by atoms with Crippen LogP contribution in [-0.2, 0) is 16.0 Å². The lowest BCUT2D eigenvalue weighted by Gasteiger charge is -2.34. The number of rotatable bonds is 5. The Labute approximate surface area is 115 Å². The molecule has 1 aliphatic rings. The SMILES string of the molecule is NC(=NO)C1(C(=O)NCCc2ncon2)CCOCC1. The van der Waals surface area contributed by atoms with Crippen LogP contribution < -0.4 is 11.1 Å². The lowest BCUT2D eigenvalue weighted by molar-refractivity contribution is -0.131. The Kier molecular flexibility index (Phi) is 4.51. The average Bonchev–Trinajstić information content (AvgIpc) is 3.00. The van der Waals surface area contributed by atoms with Crippen molar-refractivity contribution in [3.63, 3.8) is 0 Å². The molecule has 0 atom stereocenters. The molecular weight excluding hydrogens is 266 g/mol. The summed E-state index contributed by atoms with van der Waals surface area (Å²) in [6.07, 6.45) is 2.45. The van der Waals surface area contributed by atoms with Crippen LogP contribution in [0.25, 0.3) is 0 Å². The molecule has 4 N–H and O–H groups in total. The number of carbonyl (C=O) groups excluding carboxylic acids is 1. The number of nitrogens with one attached hydrogen (secondary N) is 1. The number of amides is 1. The summed E-state index contributed by atoms with van der Waals surface area (Å²) in [5.74, 6) is 0.146. The van der Waals surface area contributed by atoms with Crippen molar-refractivity contribution in [2.24, 2.45) is 16.3 Å². The van der Waals surface area contributed by atoms with Crippen LogP contribution in [0.3, 0.4) is 0 Å². The van der Waals surface area contributed by atoms with E-state index in [1.807, 2.05) is 0 Å². The molecular formula is C11H17N5O4. The molecule has 20 heavy (non-hydrogen) atoms. The van der Waals surface area contributed by atoms with Gasteiger partial charge in [0.15, 0.2) is 11.7 Å². The van der Waals surface area contributed by atoms with Gasteiger partial charge in [-0.2, -0.15) is 4.98 Å². The molecule has 1 fully saturated rings. The number of ether oxygens (including phenoxy) is 1. The van der Waals surface area contributed by atoms with Crippen LogP contribution >= 0.6 is 0 Å². The Morgan fingerprint density at radius 1 is 1.55 bits per heavy atom. The quantitative estimate of drug-likeness (QED) is 0.280.